The smallest absolute Gasteiger partial charge is 0.261 e. The SMILES string of the molecule is CCOC(OCC)[C@@H]1NC(=S)N(c2ccccc2)C1=O. The van der Waals surface area contributed by atoms with E-state index in [0.717, 1.165) is 5.69 Å². The Bertz CT molecular complexity index is 475. The molecule has 1 atom stereocenters. The molecule has 0 spiro atoms. The number of carbonyl (C=O) groups excluding carboxylic acids is 1. The van der Waals surface area contributed by atoms with Gasteiger partial charge in [-0.15, -0.1) is 0 Å². The van der Waals surface area contributed by atoms with Crippen molar-refractivity contribution in [3.05, 3.63) is 30.3 Å². The molecule has 5 nitrogen and oxygen atoms in total. The third kappa shape index (κ3) is 2.98. The fourth-order valence-electron chi connectivity index (χ4n) is 2.07. The van der Waals surface area contributed by atoms with Gasteiger partial charge in [0, 0.05) is 13.2 Å². The van der Waals surface area contributed by atoms with E-state index in [1.165, 1.54) is 4.90 Å². The van der Waals surface area contributed by atoms with Gasteiger partial charge in [0.25, 0.3) is 5.91 Å². The van der Waals surface area contributed by atoms with E-state index in [-0.39, 0.29) is 5.91 Å². The molecule has 1 amide bonds. The monoisotopic (exact) mass is 294 g/mol. The van der Waals surface area contributed by atoms with Crippen LogP contribution in [0.5, 0.6) is 0 Å². The van der Waals surface area contributed by atoms with Crippen LogP contribution in [0, 0.1) is 0 Å². The first kappa shape index (κ1) is 14.9. The third-order valence-electron chi connectivity index (χ3n) is 2.92. The lowest BCUT2D eigenvalue weighted by Crippen LogP contribution is -2.44. The summed E-state index contributed by atoms with van der Waals surface area (Å²) in [5, 5.41) is 3.35. The second kappa shape index (κ2) is 6.78. The van der Waals surface area contributed by atoms with Gasteiger partial charge < -0.3 is 14.8 Å². The van der Waals surface area contributed by atoms with Crippen molar-refractivity contribution in [2.75, 3.05) is 18.1 Å². The summed E-state index contributed by atoms with van der Waals surface area (Å²) < 4.78 is 11.0. The van der Waals surface area contributed by atoms with Crippen molar-refractivity contribution in [3.63, 3.8) is 0 Å². The number of hydrogen-bond donors (Lipinski definition) is 1. The van der Waals surface area contributed by atoms with Crippen molar-refractivity contribution < 1.29 is 14.3 Å². The predicted octanol–water partition coefficient (Wildman–Crippen LogP) is 1.68. The zero-order valence-electron chi connectivity index (χ0n) is 11.5. The fraction of sp³-hybridized carbons (Fsp3) is 0.429. The Balaban J connectivity index is 2.19. The van der Waals surface area contributed by atoms with Gasteiger partial charge >= 0.3 is 0 Å². The van der Waals surface area contributed by atoms with Gasteiger partial charge in [-0.05, 0) is 38.2 Å². The van der Waals surface area contributed by atoms with E-state index in [1.807, 2.05) is 44.2 Å². The van der Waals surface area contributed by atoms with Crippen LogP contribution < -0.4 is 10.2 Å². The van der Waals surface area contributed by atoms with Crippen LogP contribution in [0.25, 0.3) is 0 Å². The molecule has 1 heterocycles. The van der Waals surface area contributed by atoms with E-state index in [2.05, 4.69) is 5.32 Å². The highest BCUT2D eigenvalue weighted by molar-refractivity contribution is 7.80. The van der Waals surface area contributed by atoms with Crippen LogP contribution in [0.2, 0.25) is 0 Å². The van der Waals surface area contributed by atoms with Crippen LogP contribution in [0.3, 0.4) is 0 Å². The molecular weight excluding hydrogens is 276 g/mol. The number of thiocarbonyl (C=S) groups is 1. The molecule has 1 saturated heterocycles. The second-order valence-corrected chi connectivity index (χ2v) is 4.60. The van der Waals surface area contributed by atoms with Gasteiger partial charge in [-0.1, -0.05) is 18.2 Å². The molecule has 1 N–H and O–H groups in total. The Labute approximate surface area is 123 Å². The molecule has 1 fully saturated rings. The summed E-state index contributed by atoms with van der Waals surface area (Å²) in [6.45, 7) is 4.65. The topological polar surface area (TPSA) is 50.8 Å². The maximum Gasteiger partial charge on any atom is 0.261 e. The molecule has 1 aliphatic rings. The van der Waals surface area contributed by atoms with E-state index in [1.54, 1.807) is 0 Å². The van der Waals surface area contributed by atoms with Gasteiger partial charge in [0.05, 0.1) is 5.69 Å². The summed E-state index contributed by atoms with van der Waals surface area (Å²) >= 11 is 5.25. The minimum Gasteiger partial charge on any atom is -0.350 e. The second-order valence-electron chi connectivity index (χ2n) is 4.22. The predicted molar refractivity (Wildman–Crippen MR) is 80.5 cm³/mol. The first-order valence-corrected chi connectivity index (χ1v) is 7.02. The molecule has 0 aliphatic carbocycles. The Morgan fingerprint density at radius 3 is 2.40 bits per heavy atom. The van der Waals surface area contributed by atoms with Crippen molar-refractivity contribution in [2.24, 2.45) is 0 Å². The van der Waals surface area contributed by atoms with E-state index in [4.69, 9.17) is 21.7 Å². The Morgan fingerprint density at radius 1 is 1.25 bits per heavy atom. The van der Waals surface area contributed by atoms with Gasteiger partial charge in [0.2, 0.25) is 0 Å². The van der Waals surface area contributed by atoms with Gasteiger partial charge in [-0.25, -0.2) is 0 Å². The molecule has 6 heteroatoms. The number of benzene rings is 1. The number of anilines is 1. The molecule has 0 saturated carbocycles. The third-order valence-corrected chi connectivity index (χ3v) is 3.22. The van der Waals surface area contributed by atoms with Gasteiger partial charge in [0.15, 0.2) is 17.4 Å². The quantitative estimate of drug-likeness (QED) is 0.639. The van der Waals surface area contributed by atoms with Gasteiger partial charge in [0.1, 0.15) is 0 Å². The number of nitrogens with one attached hydrogen (secondary N) is 1. The standard InChI is InChI=1S/C14H18N2O3S/c1-3-18-13(19-4-2)11-12(17)16(14(20)15-11)10-8-6-5-7-9-10/h5-9,11,13H,3-4H2,1-2H3,(H,15,20)/t11-/m1/s1. The summed E-state index contributed by atoms with van der Waals surface area (Å²) in [5.74, 6) is -0.159. The largest absolute Gasteiger partial charge is 0.350 e. The van der Waals surface area contributed by atoms with E-state index in [0.29, 0.717) is 18.3 Å². The minimum atomic E-state index is -0.635. The number of carbonyl (C=O) groups is 1. The normalized spacial score (nSPS) is 18.8. The van der Waals surface area contributed by atoms with Gasteiger partial charge in [-0.2, -0.15) is 0 Å². The molecule has 20 heavy (non-hydrogen) atoms. The molecule has 0 radical (unpaired) electrons. The van der Waals surface area contributed by atoms with Crippen LogP contribution >= 0.6 is 12.2 Å². The van der Waals surface area contributed by atoms with Gasteiger partial charge in [-0.3, -0.25) is 9.69 Å². The average Bonchev–Trinajstić information content (AvgIpc) is 2.75. The zero-order chi connectivity index (χ0) is 14.5. The highest BCUT2D eigenvalue weighted by Gasteiger charge is 2.42. The minimum absolute atomic E-state index is 0.159. The molecule has 0 aromatic heterocycles. The Morgan fingerprint density at radius 2 is 1.85 bits per heavy atom. The fourth-order valence-corrected chi connectivity index (χ4v) is 2.40. The molecule has 0 bridgehead atoms. The van der Waals surface area contributed by atoms with Crippen molar-refractivity contribution in [3.8, 4) is 0 Å². The maximum absolute atomic E-state index is 12.5. The number of rotatable bonds is 6. The molecular formula is C14H18N2O3S. The summed E-state index contributed by atoms with van der Waals surface area (Å²) in [4.78, 5) is 14.0. The highest BCUT2D eigenvalue weighted by atomic mass is 32.1. The van der Waals surface area contributed by atoms with E-state index >= 15 is 0 Å². The van der Waals surface area contributed by atoms with Crippen molar-refractivity contribution in [1.82, 2.24) is 5.32 Å². The van der Waals surface area contributed by atoms with E-state index in [9.17, 15) is 4.79 Å². The summed E-state index contributed by atoms with van der Waals surface area (Å²) in [7, 11) is 0. The number of ether oxygens (including phenoxy) is 2. The van der Waals surface area contributed by atoms with Crippen molar-refractivity contribution in [2.45, 2.75) is 26.2 Å². The van der Waals surface area contributed by atoms with Crippen LogP contribution in [-0.2, 0) is 14.3 Å². The number of para-hydroxylation sites is 1. The lowest BCUT2D eigenvalue weighted by Gasteiger charge is -2.21. The number of nitrogens with zero attached hydrogens (tertiary/aromatic N) is 1. The Kier molecular flexibility index (Phi) is 5.05. The van der Waals surface area contributed by atoms with Crippen LogP contribution in [-0.4, -0.2) is 36.6 Å². The van der Waals surface area contributed by atoms with Crippen LogP contribution in [0.4, 0.5) is 5.69 Å². The summed E-state index contributed by atoms with van der Waals surface area (Å²) in [5.41, 5.74) is 0.740. The molecule has 1 aromatic rings. The molecule has 1 aromatic carbocycles. The first-order valence-electron chi connectivity index (χ1n) is 6.61. The molecule has 0 unspecified atom stereocenters. The lowest BCUT2D eigenvalue weighted by molar-refractivity contribution is -0.159. The van der Waals surface area contributed by atoms with Crippen molar-refractivity contribution >= 4 is 28.9 Å². The summed E-state index contributed by atoms with van der Waals surface area (Å²) in [6, 6.07) is 8.68. The zero-order valence-corrected chi connectivity index (χ0v) is 12.4. The molecule has 1 aliphatic heterocycles. The van der Waals surface area contributed by atoms with Crippen LogP contribution in [0.15, 0.2) is 30.3 Å². The number of amides is 1. The Hall–Kier alpha value is -1.50. The average molecular weight is 294 g/mol. The molecule has 2 rings (SSSR count). The highest BCUT2D eigenvalue weighted by Crippen LogP contribution is 2.21. The number of hydrogen-bond acceptors (Lipinski definition) is 4. The molecule has 108 valence electrons. The van der Waals surface area contributed by atoms with Crippen molar-refractivity contribution in [1.29, 1.82) is 0 Å². The van der Waals surface area contributed by atoms with Crippen LogP contribution in [0.1, 0.15) is 13.8 Å². The first-order chi connectivity index (χ1) is 9.69. The maximum atomic E-state index is 12.5. The lowest BCUT2D eigenvalue weighted by atomic mass is 10.2. The van der Waals surface area contributed by atoms with E-state index < -0.39 is 12.3 Å². The summed E-state index contributed by atoms with van der Waals surface area (Å²) in [6.07, 6.45) is -0.635.